The van der Waals surface area contributed by atoms with Crippen molar-refractivity contribution in [2.75, 3.05) is 26.2 Å². The van der Waals surface area contributed by atoms with Gasteiger partial charge in [-0.15, -0.1) is 0 Å². The molecule has 0 saturated carbocycles. The molecule has 11 heteroatoms. The van der Waals surface area contributed by atoms with Gasteiger partial charge in [-0.25, -0.2) is 4.79 Å². The van der Waals surface area contributed by atoms with Gasteiger partial charge in [0.1, 0.15) is 18.1 Å². The third kappa shape index (κ3) is 8.25. The van der Waals surface area contributed by atoms with Crippen LogP contribution in [0, 0.1) is 0 Å². The third-order valence-corrected chi connectivity index (χ3v) is 5.19. The van der Waals surface area contributed by atoms with Crippen LogP contribution in [0.15, 0.2) is 0 Å². The van der Waals surface area contributed by atoms with Gasteiger partial charge in [0, 0.05) is 6.54 Å². The van der Waals surface area contributed by atoms with E-state index in [2.05, 4.69) is 10.6 Å². The fourth-order valence-electron chi connectivity index (χ4n) is 3.51. The van der Waals surface area contributed by atoms with E-state index in [0.29, 0.717) is 64.6 Å². The first-order valence-corrected chi connectivity index (χ1v) is 10.6. The molecule has 1 fully saturated rings. The average Bonchev–Trinajstić information content (AvgIpc) is 3.21. The maximum atomic E-state index is 12.8. The molecule has 0 bridgehead atoms. The van der Waals surface area contributed by atoms with Crippen LogP contribution in [-0.4, -0.2) is 78.0 Å². The van der Waals surface area contributed by atoms with E-state index in [4.69, 9.17) is 17.2 Å². The zero-order valence-corrected chi connectivity index (χ0v) is 17.5. The summed E-state index contributed by atoms with van der Waals surface area (Å²) < 4.78 is 0. The van der Waals surface area contributed by atoms with Crippen LogP contribution in [0.3, 0.4) is 0 Å². The summed E-state index contributed by atoms with van der Waals surface area (Å²) >= 11 is 0. The highest BCUT2D eigenvalue weighted by Crippen LogP contribution is 2.18. The number of carboxylic acids is 1. The molecule has 3 unspecified atom stereocenters. The molecule has 1 heterocycles. The van der Waals surface area contributed by atoms with Crippen molar-refractivity contribution in [3.05, 3.63) is 0 Å². The number of hydrogen-bond donors (Lipinski definition) is 6. The maximum absolute atomic E-state index is 12.8. The molecule has 11 nitrogen and oxygen atoms in total. The molecule has 9 N–H and O–H groups in total. The fourth-order valence-corrected chi connectivity index (χ4v) is 3.51. The van der Waals surface area contributed by atoms with E-state index in [9.17, 15) is 24.3 Å². The highest BCUT2D eigenvalue weighted by Gasteiger charge is 2.35. The van der Waals surface area contributed by atoms with Gasteiger partial charge in [-0.2, -0.15) is 0 Å². The average molecular weight is 429 g/mol. The molecule has 1 saturated heterocycles. The SMILES string of the molecule is NCCCCC(NC(=O)C(CCCCN)NC(=O)C1CCCN1C(=O)CN)C(=O)O. The van der Waals surface area contributed by atoms with Gasteiger partial charge >= 0.3 is 5.97 Å². The predicted octanol–water partition coefficient (Wildman–Crippen LogP) is -1.75. The largest absolute Gasteiger partial charge is 0.480 e. The van der Waals surface area contributed by atoms with Crippen molar-refractivity contribution < 1.29 is 24.3 Å². The van der Waals surface area contributed by atoms with E-state index in [1.165, 1.54) is 4.90 Å². The van der Waals surface area contributed by atoms with Crippen molar-refractivity contribution >= 4 is 23.7 Å². The van der Waals surface area contributed by atoms with Gasteiger partial charge < -0.3 is 37.8 Å². The lowest BCUT2D eigenvalue weighted by Crippen LogP contribution is -2.55. The van der Waals surface area contributed by atoms with E-state index >= 15 is 0 Å². The Hall–Kier alpha value is -2.24. The number of nitrogens with one attached hydrogen (secondary N) is 2. The number of likely N-dealkylation sites (tertiary alicyclic amines) is 1. The van der Waals surface area contributed by atoms with Crippen LogP contribution in [0.4, 0.5) is 0 Å². The molecule has 3 amide bonds. The summed E-state index contributed by atoms with van der Waals surface area (Å²) in [7, 11) is 0. The van der Waals surface area contributed by atoms with Crippen molar-refractivity contribution in [1.82, 2.24) is 15.5 Å². The van der Waals surface area contributed by atoms with Crippen LogP contribution in [-0.2, 0) is 19.2 Å². The molecule has 172 valence electrons. The van der Waals surface area contributed by atoms with Gasteiger partial charge in [0.2, 0.25) is 17.7 Å². The predicted molar refractivity (Wildman–Crippen MR) is 111 cm³/mol. The molecule has 0 radical (unpaired) electrons. The second-order valence-electron chi connectivity index (χ2n) is 7.48. The summed E-state index contributed by atoms with van der Waals surface area (Å²) in [4.78, 5) is 50.4. The minimum absolute atomic E-state index is 0.187. The smallest absolute Gasteiger partial charge is 0.326 e. The van der Waals surface area contributed by atoms with Crippen LogP contribution < -0.4 is 27.8 Å². The highest BCUT2D eigenvalue weighted by molar-refractivity contribution is 5.93. The fraction of sp³-hybridized carbons (Fsp3) is 0.789. The number of carboxylic acid groups (broad SMARTS) is 1. The normalized spacial score (nSPS) is 18.0. The van der Waals surface area contributed by atoms with Crippen LogP contribution in [0.25, 0.3) is 0 Å². The molecule has 30 heavy (non-hydrogen) atoms. The van der Waals surface area contributed by atoms with E-state index in [1.807, 2.05) is 0 Å². The lowest BCUT2D eigenvalue weighted by molar-refractivity contribution is -0.143. The summed E-state index contributed by atoms with van der Waals surface area (Å²) in [5.74, 6) is -2.45. The van der Waals surface area contributed by atoms with Crippen molar-refractivity contribution in [1.29, 1.82) is 0 Å². The molecule has 0 spiro atoms. The van der Waals surface area contributed by atoms with E-state index < -0.39 is 35.9 Å². The van der Waals surface area contributed by atoms with Crippen LogP contribution in [0.5, 0.6) is 0 Å². The van der Waals surface area contributed by atoms with Crippen molar-refractivity contribution in [3.8, 4) is 0 Å². The van der Waals surface area contributed by atoms with Gasteiger partial charge in [0.25, 0.3) is 0 Å². The summed E-state index contributed by atoms with van der Waals surface area (Å²) in [5.41, 5.74) is 16.4. The number of aliphatic carboxylic acids is 1. The minimum atomic E-state index is -1.14. The first-order chi connectivity index (χ1) is 14.3. The molecular formula is C19H36N6O5. The molecule has 0 aliphatic carbocycles. The second-order valence-corrected chi connectivity index (χ2v) is 7.48. The molecule has 1 rings (SSSR count). The molecule has 0 aromatic carbocycles. The minimum Gasteiger partial charge on any atom is -0.480 e. The number of rotatable bonds is 14. The monoisotopic (exact) mass is 428 g/mol. The van der Waals surface area contributed by atoms with E-state index in [0.717, 1.165) is 0 Å². The van der Waals surface area contributed by atoms with Crippen molar-refractivity contribution in [2.24, 2.45) is 17.2 Å². The summed E-state index contributed by atoms with van der Waals surface area (Å²) in [6, 6.07) is -2.64. The topological polar surface area (TPSA) is 194 Å². The number of nitrogens with two attached hydrogens (primary N) is 3. The van der Waals surface area contributed by atoms with Gasteiger partial charge in [-0.3, -0.25) is 14.4 Å². The van der Waals surface area contributed by atoms with Crippen LogP contribution in [0.2, 0.25) is 0 Å². The van der Waals surface area contributed by atoms with Gasteiger partial charge in [0.05, 0.1) is 6.54 Å². The first-order valence-electron chi connectivity index (χ1n) is 10.6. The summed E-state index contributed by atoms with van der Waals surface area (Å²) in [6.07, 6.45) is 4.22. The Labute approximate surface area is 177 Å². The number of nitrogens with zero attached hydrogens (tertiary/aromatic N) is 1. The number of hydrogen-bond acceptors (Lipinski definition) is 7. The zero-order chi connectivity index (χ0) is 22.5. The van der Waals surface area contributed by atoms with Crippen LogP contribution >= 0.6 is 0 Å². The summed E-state index contributed by atoms with van der Waals surface area (Å²) in [6.45, 7) is 1.14. The number of carbonyl (C=O) groups is 4. The molecule has 3 atom stereocenters. The molecular weight excluding hydrogens is 392 g/mol. The lowest BCUT2D eigenvalue weighted by atomic mass is 10.1. The molecule has 1 aliphatic rings. The van der Waals surface area contributed by atoms with Crippen molar-refractivity contribution in [3.63, 3.8) is 0 Å². The molecule has 1 aliphatic heterocycles. The zero-order valence-electron chi connectivity index (χ0n) is 17.5. The lowest BCUT2D eigenvalue weighted by Gasteiger charge is -2.27. The van der Waals surface area contributed by atoms with Crippen molar-refractivity contribution in [2.45, 2.75) is 69.5 Å². The van der Waals surface area contributed by atoms with Gasteiger partial charge in [-0.1, -0.05) is 0 Å². The summed E-state index contributed by atoms with van der Waals surface area (Å²) in [5, 5.41) is 14.6. The second kappa shape index (κ2) is 13.9. The van der Waals surface area contributed by atoms with Gasteiger partial charge in [0.15, 0.2) is 0 Å². The van der Waals surface area contributed by atoms with Crippen LogP contribution in [0.1, 0.15) is 51.4 Å². The van der Waals surface area contributed by atoms with Gasteiger partial charge in [-0.05, 0) is 64.5 Å². The number of carbonyl (C=O) groups excluding carboxylic acids is 3. The maximum Gasteiger partial charge on any atom is 0.326 e. The standard InChI is InChI=1S/C19H36N6O5/c20-9-3-1-6-13(17(27)24-14(19(29)30)7-2-4-10-21)23-18(28)15-8-5-11-25(15)16(26)12-22/h13-15H,1-12,20-22H2,(H,23,28)(H,24,27)(H,29,30). The Morgan fingerprint density at radius 1 is 0.933 bits per heavy atom. The van der Waals surface area contributed by atoms with E-state index in [-0.39, 0.29) is 18.9 Å². The molecule has 0 aromatic rings. The van der Waals surface area contributed by atoms with E-state index in [1.54, 1.807) is 0 Å². The Balaban J connectivity index is 2.81. The Morgan fingerprint density at radius 2 is 1.53 bits per heavy atom. The Bertz CT molecular complexity index is 588. The highest BCUT2D eigenvalue weighted by atomic mass is 16.4. The Morgan fingerprint density at radius 3 is 2.07 bits per heavy atom. The molecule has 0 aromatic heterocycles. The number of unbranched alkanes of at least 4 members (excludes halogenated alkanes) is 2. The first kappa shape index (κ1) is 25.8. The quantitative estimate of drug-likeness (QED) is 0.175. The Kier molecular flexibility index (Phi) is 11.9. The third-order valence-electron chi connectivity index (χ3n) is 5.19. The number of amides is 3.